The zero-order valence-corrected chi connectivity index (χ0v) is 14.8. The number of rotatable bonds is 14. The Morgan fingerprint density at radius 1 is 0.632 bits per heavy atom. The van der Waals surface area contributed by atoms with E-state index < -0.39 is 8.56 Å². The molecule has 0 atom stereocenters. The monoisotopic (exact) mass is 288 g/mol. The van der Waals surface area contributed by atoms with Crippen molar-refractivity contribution in [2.45, 2.75) is 91.1 Å². The normalized spacial score (nSPS) is 12.0. The summed E-state index contributed by atoms with van der Waals surface area (Å²) in [6.07, 6.45) is 12.4. The summed E-state index contributed by atoms with van der Waals surface area (Å²) in [7, 11) is -1.84. The smallest absolute Gasteiger partial charge is 0.334 e. The maximum atomic E-state index is 5.86. The van der Waals surface area contributed by atoms with Gasteiger partial charge >= 0.3 is 8.56 Å². The molecule has 0 radical (unpaired) electrons. The van der Waals surface area contributed by atoms with Gasteiger partial charge in [0.1, 0.15) is 0 Å². The highest BCUT2D eigenvalue weighted by Crippen LogP contribution is 2.19. The van der Waals surface area contributed by atoms with E-state index in [1.54, 1.807) is 0 Å². The molecule has 0 spiro atoms. The first kappa shape index (κ1) is 19.1. The maximum absolute atomic E-state index is 5.86. The van der Waals surface area contributed by atoms with Gasteiger partial charge in [-0.3, -0.25) is 0 Å². The SMILES string of the molecule is CCCCCCCCCCC[Si](C)(OCC)OCC. The zero-order valence-electron chi connectivity index (χ0n) is 13.8. The molecule has 116 valence electrons. The molecule has 0 amide bonds. The lowest BCUT2D eigenvalue weighted by atomic mass is 10.1. The van der Waals surface area contributed by atoms with Crippen molar-refractivity contribution in [1.29, 1.82) is 0 Å². The molecule has 3 heteroatoms. The van der Waals surface area contributed by atoms with Gasteiger partial charge < -0.3 is 8.85 Å². The summed E-state index contributed by atoms with van der Waals surface area (Å²) in [6.45, 7) is 10.2. The summed E-state index contributed by atoms with van der Waals surface area (Å²) < 4.78 is 11.7. The molecule has 0 heterocycles. The lowest BCUT2D eigenvalue weighted by Crippen LogP contribution is -2.38. The summed E-state index contributed by atoms with van der Waals surface area (Å²) >= 11 is 0. The van der Waals surface area contributed by atoms with Gasteiger partial charge in [-0.15, -0.1) is 0 Å². The van der Waals surface area contributed by atoms with Gasteiger partial charge in [0, 0.05) is 13.2 Å². The fourth-order valence-corrected chi connectivity index (χ4v) is 5.04. The van der Waals surface area contributed by atoms with Crippen molar-refractivity contribution in [3.63, 3.8) is 0 Å². The van der Waals surface area contributed by atoms with Crippen molar-refractivity contribution in [3.8, 4) is 0 Å². The van der Waals surface area contributed by atoms with E-state index in [1.165, 1.54) is 57.8 Å². The molecule has 0 bridgehead atoms. The van der Waals surface area contributed by atoms with E-state index in [-0.39, 0.29) is 0 Å². The second-order valence-corrected chi connectivity index (χ2v) is 8.92. The highest BCUT2D eigenvalue weighted by Gasteiger charge is 2.29. The molecular formula is C16H36O2Si. The van der Waals surface area contributed by atoms with Gasteiger partial charge in [0.05, 0.1) is 0 Å². The third-order valence-electron chi connectivity index (χ3n) is 3.63. The fraction of sp³-hybridized carbons (Fsp3) is 1.00. The average molecular weight is 289 g/mol. The topological polar surface area (TPSA) is 18.5 Å². The lowest BCUT2D eigenvalue weighted by molar-refractivity contribution is 0.188. The van der Waals surface area contributed by atoms with Crippen LogP contribution in [0.4, 0.5) is 0 Å². The van der Waals surface area contributed by atoms with Gasteiger partial charge in [0.25, 0.3) is 0 Å². The van der Waals surface area contributed by atoms with Crippen molar-refractivity contribution in [3.05, 3.63) is 0 Å². The summed E-state index contributed by atoms with van der Waals surface area (Å²) in [6, 6.07) is 1.16. The van der Waals surface area contributed by atoms with Crippen LogP contribution in [0.5, 0.6) is 0 Å². The standard InChI is InChI=1S/C16H36O2Si/c1-5-8-9-10-11-12-13-14-15-16-19(4,17-6-2)18-7-3/h5-16H2,1-4H3. The van der Waals surface area contributed by atoms with Crippen LogP contribution < -0.4 is 0 Å². The Morgan fingerprint density at radius 3 is 1.47 bits per heavy atom. The summed E-state index contributed by atoms with van der Waals surface area (Å²) in [5.74, 6) is 0. The van der Waals surface area contributed by atoms with Crippen molar-refractivity contribution < 1.29 is 8.85 Å². The largest absolute Gasteiger partial charge is 0.395 e. The Labute approximate surface area is 122 Å². The quantitative estimate of drug-likeness (QED) is 0.303. The fourth-order valence-electron chi connectivity index (χ4n) is 2.55. The minimum absolute atomic E-state index is 0.792. The van der Waals surface area contributed by atoms with Crippen LogP contribution in [0.1, 0.15) is 78.6 Å². The predicted octanol–water partition coefficient (Wildman–Crippen LogP) is 5.66. The molecule has 0 aliphatic carbocycles. The minimum Gasteiger partial charge on any atom is -0.395 e. The van der Waals surface area contributed by atoms with Crippen LogP contribution in [0, 0.1) is 0 Å². The van der Waals surface area contributed by atoms with Crippen LogP contribution >= 0.6 is 0 Å². The van der Waals surface area contributed by atoms with Crippen LogP contribution in [0.15, 0.2) is 0 Å². The highest BCUT2D eigenvalue weighted by atomic mass is 28.4. The van der Waals surface area contributed by atoms with Gasteiger partial charge in [0.2, 0.25) is 0 Å². The molecule has 0 saturated carbocycles. The van der Waals surface area contributed by atoms with E-state index >= 15 is 0 Å². The molecule has 0 aliphatic rings. The molecule has 0 fully saturated rings. The van der Waals surface area contributed by atoms with Crippen molar-refractivity contribution in [2.75, 3.05) is 13.2 Å². The third kappa shape index (κ3) is 11.6. The first-order valence-electron chi connectivity index (χ1n) is 8.46. The van der Waals surface area contributed by atoms with E-state index in [0.29, 0.717) is 0 Å². The highest BCUT2D eigenvalue weighted by molar-refractivity contribution is 6.66. The van der Waals surface area contributed by atoms with Gasteiger partial charge in [-0.25, -0.2) is 0 Å². The average Bonchev–Trinajstić information content (AvgIpc) is 2.37. The van der Waals surface area contributed by atoms with Gasteiger partial charge in [-0.1, -0.05) is 64.7 Å². The molecule has 0 aromatic heterocycles. The Bertz CT molecular complexity index is 180. The molecule has 0 unspecified atom stereocenters. The van der Waals surface area contributed by atoms with E-state index in [2.05, 4.69) is 27.3 Å². The van der Waals surface area contributed by atoms with Crippen molar-refractivity contribution in [2.24, 2.45) is 0 Å². The molecule has 2 nitrogen and oxygen atoms in total. The second kappa shape index (κ2) is 13.1. The van der Waals surface area contributed by atoms with Crippen LogP contribution in [-0.2, 0) is 8.85 Å². The molecular weight excluding hydrogens is 252 g/mol. The summed E-state index contributed by atoms with van der Waals surface area (Å²) in [4.78, 5) is 0. The maximum Gasteiger partial charge on any atom is 0.334 e. The molecule has 0 aromatic rings. The Hall–Kier alpha value is 0.137. The Kier molecular flexibility index (Phi) is 13.2. The molecule has 0 rings (SSSR count). The van der Waals surface area contributed by atoms with E-state index in [4.69, 9.17) is 8.85 Å². The Balaban J connectivity index is 3.44. The summed E-state index contributed by atoms with van der Waals surface area (Å²) in [5.41, 5.74) is 0. The summed E-state index contributed by atoms with van der Waals surface area (Å²) in [5, 5.41) is 0. The van der Waals surface area contributed by atoms with Crippen molar-refractivity contribution in [1.82, 2.24) is 0 Å². The minimum atomic E-state index is -1.84. The first-order valence-corrected chi connectivity index (χ1v) is 11.0. The van der Waals surface area contributed by atoms with E-state index in [1.807, 2.05) is 0 Å². The van der Waals surface area contributed by atoms with E-state index in [0.717, 1.165) is 19.3 Å². The lowest BCUT2D eigenvalue weighted by Gasteiger charge is -2.25. The molecule has 0 N–H and O–H groups in total. The van der Waals surface area contributed by atoms with Gasteiger partial charge in [0.15, 0.2) is 0 Å². The number of hydrogen-bond acceptors (Lipinski definition) is 2. The van der Waals surface area contributed by atoms with Crippen LogP contribution in [0.3, 0.4) is 0 Å². The molecule has 0 aromatic carbocycles. The number of hydrogen-bond donors (Lipinski definition) is 0. The first-order chi connectivity index (χ1) is 9.18. The zero-order chi connectivity index (χ0) is 14.4. The van der Waals surface area contributed by atoms with Gasteiger partial charge in [-0.05, 0) is 26.4 Å². The predicted molar refractivity (Wildman–Crippen MR) is 86.9 cm³/mol. The van der Waals surface area contributed by atoms with Crippen LogP contribution in [0.25, 0.3) is 0 Å². The van der Waals surface area contributed by atoms with Crippen LogP contribution in [0.2, 0.25) is 12.6 Å². The van der Waals surface area contributed by atoms with Crippen LogP contribution in [-0.4, -0.2) is 21.8 Å². The molecule has 19 heavy (non-hydrogen) atoms. The van der Waals surface area contributed by atoms with Gasteiger partial charge in [-0.2, -0.15) is 0 Å². The number of unbranched alkanes of at least 4 members (excludes halogenated alkanes) is 8. The molecule has 0 saturated heterocycles. The van der Waals surface area contributed by atoms with Crippen molar-refractivity contribution >= 4 is 8.56 Å². The molecule has 0 aliphatic heterocycles. The Morgan fingerprint density at radius 2 is 1.05 bits per heavy atom. The second-order valence-electron chi connectivity index (χ2n) is 5.58. The third-order valence-corrected chi connectivity index (χ3v) is 6.69. The van der Waals surface area contributed by atoms with E-state index in [9.17, 15) is 0 Å².